The summed E-state index contributed by atoms with van der Waals surface area (Å²) in [4.78, 5) is 74.3. The molecule has 248 valence electrons. The molecule has 4 amide bonds. The van der Waals surface area contributed by atoms with Gasteiger partial charge < -0.3 is 14.2 Å². The summed E-state index contributed by atoms with van der Waals surface area (Å²) in [5, 5.41) is 0. The number of imide groups is 2. The van der Waals surface area contributed by atoms with Crippen LogP contribution in [-0.2, 0) is 28.7 Å². The Hall–Kier alpha value is -4.47. The van der Waals surface area contributed by atoms with Gasteiger partial charge in [0.15, 0.2) is 0 Å². The Morgan fingerprint density at radius 2 is 1.15 bits per heavy atom. The number of amides is 4. The summed E-state index contributed by atoms with van der Waals surface area (Å²) in [7, 11) is 0. The Morgan fingerprint density at radius 3 is 1.57 bits per heavy atom. The van der Waals surface area contributed by atoms with Crippen LogP contribution < -0.4 is 19.3 Å². The Balaban J connectivity index is 1.47. The topological polar surface area (TPSA) is 120 Å². The summed E-state index contributed by atoms with van der Waals surface area (Å²) in [6.45, 7) is 10.1. The second kappa shape index (κ2) is 12.6. The van der Waals surface area contributed by atoms with Gasteiger partial charge in [0.25, 0.3) is 0 Å². The van der Waals surface area contributed by atoms with Gasteiger partial charge in [0.05, 0.1) is 54.9 Å². The number of anilines is 2. The molecule has 0 N–H and O–H groups in total. The maximum Gasteiger partial charge on any atom is 0.334 e. The molecule has 2 aromatic carbocycles. The quantitative estimate of drug-likeness (QED) is 0.170. The minimum Gasteiger partial charge on any atom is -0.491 e. The average Bonchev–Trinajstić information content (AvgIpc) is 3.48. The van der Waals surface area contributed by atoms with Gasteiger partial charge in [-0.1, -0.05) is 63.5 Å². The molecule has 2 bridgehead atoms. The summed E-state index contributed by atoms with van der Waals surface area (Å²) < 4.78 is 17.5. The molecule has 0 aromatic heterocycles. The summed E-state index contributed by atoms with van der Waals surface area (Å²) in [6.07, 6.45) is 3.41. The van der Waals surface area contributed by atoms with Gasteiger partial charge in [-0.25, -0.2) is 14.6 Å². The van der Waals surface area contributed by atoms with E-state index >= 15 is 0 Å². The zero-order valence-corrected chi connectivity index (χ0v) is 27.6. The predicted octanol–water partition coefficient (Wildman–Crippen LogP) is 5.49. The van der Waals surface area contributed by atoms with Crippen molar-refractivity contribution in [1.29, 1.82) is 0 Å². The van der Waals surface area contributed by atoms with Crippen LogP contribution in [0.2, 0.25) is 0 Å². The number of carbonyl (C=O) groups is 5. The molecule has 3 fully saturated rings. The lowest BCUT2D eigenvalue weighted by atomic mass is 9.43. The highest BCUT2D eigenvalue weighted by atomic mass is 16.5. The van der Waals surface area contributed by atoms with Gasteiger partial charge in [-0.05, 0) is 51.0 Å². The minimum absolute atomic E-state index is 0.0848. The van der Waals surface area contributed by atoms with E-state index in [1.54, 1.807) is 69.3 Å². The fourth-order valence-electron chi connectivity index (χ4n) is 8.46. The molecule has 2 saturated heterocycles. The molecule has 4 atom stereocenters. The SMILES string of the molecule is CCCCOc1ccccc1N1C(=O)C2C3C(C)=C(C(=O)OCC)C(C)(C2C1=O)C1C(=O)N(c2ccccc2OCCCC)C(=O)C31. The molecule has 10 nitrogen and oxygen atoms in total. The number of benzene rings is 2. The van der Waals surface area contributed by atoms with E-state index in [1.165, 1.54) is 0 Å². The van der Waals surface area contributed by atoms with Crippen molar-refractivity contribution in [1.82, 2.24) is 0 Å². The zero-order chi connectivity index (χ0) is 33.6. The van der Waals surface area contributed by atoms with Crippen LogP contribution in [0.15, 0.2) is 59.7 Å². The fraction of sp³-hybridized carbons (Fsp3) is 0.486. The lowest BCUT2D eigenvalue weighted by molar-refractivity contribution is -0.155. The first-order valence-corrected chi connectivity index (χ1v) is 16.7. The molecule has 2 heterocycles. The molecule has 0 spiro atoms. The average molecular weight is 643 g/mol. The van der Waals surface area contributed by atoms with Crippen LogP contribution in [0.25, 0.3) is 0 Å². The monoisotopic (exact) mass is 642 g/mol. The number of ether oxygens (including phenoxy) is 3. The highest BCUT2D eigenvalue weighted by Gasteiger charge is 2.77. The molecule has 2 aromatic rings. The molecule has 3 aliphatic carbocycles. The van der Waals surface area contributed by atoms with E-state index in [0.717, 1.165) is 35.5 Å². The number of esters is 1. The maximum absolute atomic E-state index is 14.6. The van der Waals surface area contributed by atoms with E-state index in [9.17, 15) is 24.0 Å². The van der Waals surface area contributed by atoms with E-state index in [1.807, 2.05) is 13.8 Å². The van der Waals surface area contributed by atoms with Gasteiger partial charge in [0.1, 0.15) is 11.5 Å². The molecule has 5 aliphatic rings. The standard InChI is InChI=1S/C37H42N2O8/c1-6-9-19-46-24-17-13-11-15-22(24)38-32(40)27-26-21(4)29(36(44)45-8-3)37(5,30(27)34(38)42)31-28(26)33(41)39(35(31)43)23-16-12-14-18-25(23)47-20-10-7-2/h11-18,26-28,30-31H,6-10,19-20H2,1-5H3. The van der Waals surface area contributed by atoms with Crippen LogP contribution in [0.1, 0.15) is 60.3 Å². The van der Waals surface area contributed by atoms with Crippen molar-refractivity contribution in [3.05, 3.63) is 59.7 Å². The number of unbranched alkanes of at least 4 members (excludes halogenated alkanes) is 2. The highest BCUT2D eigenvalue weighted by Crippen LogP contribution is 2.69. The Labute approximate surface area is 275 Å². The third-order valence-corrected chi connectivity index (χ3v) is 10.4. The third kappa shape index (κ3) is 4.78. The van der Waals surface area contributed by atoms with Crippen LogP contribution >= 0.6 is 0 Å². The van der Waals surface area contributed by atoms with Crippen LogP contribution in [0, 0.1) is 35.0 Å². The zero-order valence-electron chi connectivity index (χ0n) is 27.6. The van der Waals surface area contributed by atoms with Crippen molar-refractivity contribution in [3.8, 4) is 11.5 Å². The van der Waals surface area contributed by atoms with Gasteiger partial charge in [-0.3, -0.25) is 19.2 Å². The normalized spacial score (nSPS) is 27.8. The lowest BCUT2D eigenvalue weighted by Crippen LogP contribution is -2.61. The number of para-hydroxylation sites is 4. The van der Waals surface area contributed by atoms with Crippen molar-refractivity contribution >= 4 is 41.0 Å². The predicted molar refractivity (Wildman–Crippen MR) is 174 cm³/mol. The molecule has 1 saturated carbocycles. The number of nitrogens with zero attached hydrogens (tertiary/aromatic N) is 2. The van der Waals surface area contributed by atoms with E-state index in [2.05, 4.69) is 0 Å². The smallest absolute Gasteiger partial charge is 0.334 e. The second-order valence-corrected chi connectivity index (χ2v) is 13.0. The molecule has 0 radical (unpaired) electrons. The van der Waals surface area contributed by atoms with Gasteiger partial charge in [0, 0.05) is 16.9 Å². The number of carbonyl (C=O) groups excluding carboxylic acids is 5. The van der Waals surface area contributed by atoms with Crippen molar-refractivity contribution in [2.45, 2.75) is 60.3 Å². The number of rotatable bonds is 12. The number of allylic oxidation sites excluding steroid dienone is 1. The largest absolute Gasteiger partial charge is 0.491 e. The fourth-order valence-corrected chi connectivity index (χ4v) is 8.46. The summed E-state index contributed by atoms with van der Waals surface area (Å²) in [5.41, 5.74) is -0.153. The summed E-state index contributed by atoms with van der Waals surface area (Å²) >= 11 is 0. The molecule has 4 unspecified atom stereocenters. The van der Waals surface area contributed by atoms with E-state index in [4.69, 9.17) is 14.2 Å². The maximum atomic E-state index is 14.6. The summed E-state index contributed by atoms with van der Waals surface area (Å²) in [6, 6.07) is 13.8. The van der Waals surface area contributed by atoms with Gasteiger partial charge in [-0.2, -0.15) is 0 Å². The van der Waals surface area contributed by atoms with E-state index in [-0.39, 0.29) is 12.2 Å². The first-order valence-electron chi connectivity index (χ1n) is 16.7. The first-order chi connectivity index (χ1) is 22.6. The Kier molecular flexibility index (Phi) is 8.72. The lowest BCUT2D eigenvalue weighted by Gasteiger charge is -2.55. The van der Waals surface area contributed by atoms with Crippen LogP contribution in [0.5, 0.6) is 11.5 Å². The second-order valence-electron chi connectivity index (χ2n) is 13.0. The summed E-state index contributed by atoms with van der Waals surface area (Å²) in [5.74, 6) is -6.74. The van der Waals surface area contributed by atoms with Crippen LogP contribution in [0.4, 0.5) is 11.4 Å². The van der Waals surface area contributed by atoms with Crippen LogP contribution in [-0.4, -0.2) is 49.4 Å². The Bertz CT molecular complexity index is 1570. The molecule has 10 heteroatoms. The van der Waals surface area contributed by atoms with Crippen molar-refractivity contribution in [2.75, 3.05) is 29.6 Å². The van der Waals surface area contributed by atoms with E-state index in [0.29, 0.717) is 41.7 Å². The molecular formula is C37H42N2O8. The van der Waals surface area contributed by atoms with Crippen molar-refractivity contribution in [2.24, 2.45) is 35.0 Å². The van der Waals surface area contributed by atoms with E-state index < -0.39 is 64.6 Å². The molecule has 2 aliphatic heterocycles. The van der Waals surface area contributed by atoms with Gasteiger partial charge >= 0.3 is 5.97 Å². The Morgan fingerprint density at radius 1 is 0.702 bits per heavy atom. The minimum atomic E-state index is -1.50. The number of hydrogen-bond acceptors (Lipinski definition) is 8. The van der Waals surface area contributed by atoms with Crippen molar-refractivity contribution in [3.63, 3.8) is 0 Å². The molecule has 7 rings (SSSR count). The molecule has 47 heavy (non-hydrogen) atoms. The third-order valence-electron chi connectivity index (χ3n) is 10.4. The van der Waals surface area contributed by atoms with Crippen molar-refractivity contribution < 1.29 is 38.2 Å². The highest BCUT2D eigenvalue weighted by molar-refractivity contribution is 6.28. The van der Waals surface area contributed by atoms with Crippen LogP contribution in [0.3, 0.4) is 0 Å². The van der Waals surface area contributed by atoms with Gasteiger partial charge in [-0.15, -0.1) is 0 Å². The first kappa shape index (κ1) is 32.5. The number of hydrogen-bond donors (Lipinski definition) is 0. The molecular weight excluding hydrogens is 600 g/mol. The van der Waals surface area contributed by atoms with Gasteiger partial charge in [0.2, 0.25) is 23.6 Å².